The van der Waals surface area contributed by atoms with E-state index in [0.717, 1.165) is 34.0 Å². The average Bonchev–Trinajstić information content (AvgIpc) is 3.84. The van der Waals surface area contributed by atoms with Crippen LogP contribution < -0.4 is 0 Å². The van der Waals surface area contributed by atoms with Crippen LogP contribution in [0.25, 0.3) is 82.8 Å². The molecule has 0 amide bonds. The molecular weight excluding hydrogens is 703 g/mol. The van der Waals surface area contributed by atoms with E-state index >= 15 is 0 Å². The van der Waals surface area contributed by atoms with Gasteiger partial charge in [-0.3, -0.25) is 0 Å². The number of nitrogens with zero attached hydrogens (tertiary/aromatic N) is 1. The molecule has 274 valence electrons. The molecule has 0 N–H and O–H groups in total. The van der Waals surface area contributed by atoms with Crippen molar-refractivity contribution in [2.45, 2.75) is 12.3 Å². The van der Waals surface area contributed by atoms with Crippen molar-refractivity contribution >= 4 is 43.7 Å². The van der Waals surface area contributed by atoms with Crippen LogP contribution in [0.2, 0.25) is 0 Å². The maximum absolute atomic E-state index is 6.31. The molecule has 11 rings (SSSR count). The minimum absolute atomic E-state index is 0.249. The standard InChI is InChI=1S/C56H39NO/c1-3-12-39(13-4-1)40-24-22-38(23-25-40)34-51(42-14-5-2-6-15-42)43-28-26-41(27-29-43)44-16-11-17-45(35-44)46-30-33-54-52(36-46)48-18-7-9-20-53(48)57(54)47-31-32-50-49-19-8-10-21-55(49)58-56(50)37-47/h1-33,35-37,51H,34H2. The van der Waals surface area contributed by atoms with Gasteiger partial charge in [0.25, 0.3) is 0 Å². The first-order valence-electron chi connectivity index (χ1n) is 20.1. The van der Waals surface area contributed by atoms with Crippen LogP contribution in [0.4, 0.5) is 0 Å². The summed E-state index contributed by atoms with van der Waals surface area (Å²) in [6.45, 7) is 0. The summed E-state index contributed by atoms with van der Waals surface area (Å²) in [5.74, 6) is 0.249. The van der Waals surface area contributed by atoms with E-state index in [9.17, 15) is 0 Å². The molecule has 0 aliphatic rings. The zero-order valence-electron chi connectivity index (χ0n) is 31.9. The van der Waals surface area contributed by atoms with Crippen molar-refractivity contribution in [3.05, 3.63) is 235 Å². The zero-order valence-corrected chi connectivity index (χ0v) is 31.9. The highest BCUT2D eigenvalue weighted by Gasteiger charge is 2.18. The third-order valence-electron chi connectivity index (χ3n) is 11.8. The molecule has 0 aliphatic heterocycles. The van der Waals surface area contributed by atoms with E-state index in [-0.39, 0.29) is 5.92 Å². The molecule has 2 nitrogen and oxygen atoms in total. The molecule has 0 saturated heterocycles. The van der Waals surface area contributed by atoms with E-state index in [1.807, 2.05) is 12.1 Å². The highest BCUT2D eigenvalue weighted by molar-refractivity contribution is 6.11. The van der Waals surface area contributed by atoms with Crippen molar-refractivity contribution in [3.63, 3.8) is 0 Å². The number of hydrogen-bond donors (Lipinski definition) is 0. The van der Waals surface area contributed by atoms with E-state index in [1.165, 1.54) is 71.9 Å². The molecule has 9 aromatic carbocycles. The summed E-state index contributed by atoms with van der Waals surface area (Å²) in [4.78, 5) is 0. The van der Waals surface area contributed by atoms with Gasteiger partial charge in [-0.25, -0.2) is 0 Å². The summed E-state index contributed by atoms with van der Waals surface area (Å²) >= 11 is 0. The topological polar surface area (TPSA) is 18.1 Å². The fourth-order valence-corrected chi connectivity index (χ4v) is 8.88. The Morgan fingerprint density at radius 3 is 1.71 bits per heavy atom. The number of aromatic nitrogens is 1. The normalized spacial score (nSPS) is 12.1. The van der Waals surface area contributed by atoms with E-state index in [4.69, 9.17) is 4.42 Å². The lowest BCUT2D eigenvalue weighted by atomic mass is 9.85. The fraction of sp³-hybridized carbons (Fsp3) is 0.0357. The van der Waals surface area contributed by atoms with Crippen molar-refractivity contribution in [1.29, 1.82) is 0 Å². The Morgan fingerprint density at radius 2 is 0.897 bits per heavy atom. The Morgan fingerprint density at radius 1 is 0.345 bits per heavy atom. The molecule has 1 atom stereocenters. The number of para-hydroxylation sites is 2. The summed E-state index contributed by atoms with van der Waals surface area (Å²) < 4.78 is 8.67. The lowest BCUT2D eigenvalue weighted by molar-refractivity contribution is 0.668. The van der Waals surface area contributed by atoms with Gasteiger partial charge >= 0.3 is 0 Å². The molecule has 1 unspecified atom stereocenters. The predicted molar refractivity (Wildman–Crippen MR) is 243 cm³/mol. The Balaban J connectivity index is 0.909. The summed E-state index contributed by atoms with van der Waals surface area (Å²) in [5.41, 5.74) is 16.5. The largest absolute Gasteiger partial charge is 0.456 e. The predicted octanol–water partition coefficient (Wildman–Crippen LogP) is 15.1. The number of rotatable bonds is 8. The van der Waals surface area contributed by atoms with Gasteiger partial charge in [0.1, 0.15) is 11.2 Å². The van der Waals surface area contributed by atoms with E-state index in [0.29, 0.717) is 0 Å². The lowest BCUT2D eigenvalue weighted by Gasteiger charge is -2.19. The highest BCUT2D eigenvalue weighted by Crippen LogP contribution is 2.38. The third-order valence-corrected chi connectivity index (χ3v) is 11.8. The van der Waals surface area contributed by atoms with Crippen molar-refractivity contribution in [1.82, 2.24) is 4.57 Å². The van der Waals surface area contributed by atoms with Gasteiger partial charge in [0.2, 0.25) is 0 Å². The second-order valence-electron chi connectivity index (χ2n) is 15.3. The van der Waals surface area contributed by atoms with Crippen LogP contribution in [0.1, 0.15) is 22.6 Å². The quantitative estimate of drug-likeness (QED) is 0.152. The van der Waals surface area contributed by atoms with Gasteiger partial charge in [-0.15, -0.1) is 0 Å². The van der Waals surface area contributed by atoms with Crippen LogP contribution in [-0.2, 0) is 6.42 Å². The van der Waals surface area contributed by atoms with Crippen LogP contribution in [0.5, 0.6) is 0 Å². The first kappa shape index (κ1) is 33.9. The summed E-state index contributed by atoms with van der Waals surface area (Å²) in [7, 11) is 0. The molecule has 0 saturated carbocycles. The molecule has 0 fully saturated rings. The van der Waals surface area contributed by atoms with Gasteiger partial charge in [0.05, 0.1) is 11.0 Å². The fourth-order valence-electron chi connectivity index (χ4n) is 8.88. The SMILES string of the molecule is c1ccc(-c2ccc(CC(c3ccccc3)c3ccc(-c4cccc(-c5ccc6c(c5)c5ccccc5n6-c5ccc6c(c5)oc5ccccc56)c4)cc3)cc2)cc1. The molecular formula is C56H39NO. The van der Waals surface area contributed by atoms with Crippen molar-refractivity contribution in [2.75, 3.05) is 0 Å². The first-order chi connectivity index (χ1) is 28.7. The number of benzene rings is 9. The molecule has 58 heavy (non-hydrogen) atoms. The van der Waals surface area contributed by atoms with Crippen LogP contribution in [0, 0.1) is 0 Å². The molecule has 0 aliphatic carbocycles. The molecule has 0 radical (unpaired) electrons. The summed E-state index contributed by atoms with van der Waals surface area (Å²) in [6, 6.07) is 79.2. The molecule has 11 aromatic rings. The minimum atomic E-state index is 0.249. The van der Waals surface area contributed by atoms with Crippen molar-refractivity contribution in [3.8, 4) is 39.1 Å². The molecule has 0 spiro atoms. The zero-order chi connectivity index (χ0) is 38.4. The van der Waals surface area contributed by atoms with Crippen LogP contribution in [0.3, 0.4) is 0 Å². The molecule has 2 heteroatoms. The van der Waals surface area contributed by atoms with Crippen LogP contribution in [0.15, 0.2) is 223 Å². The Labute approximate surface area is 337 Å². The summed E-state index contributed by atoms with van der Waals surface area (Å²) in [5, 5.41) is 4.74. The maximum atomic E-state index is 6.31. The van der Waals surface area contributed by atoms with Gasteiger partial charge < -0.3 is 8.98 Å². The monoisotopic (exact) mass is 741 g/mol. The second kappa shape index (κ2) is 14.3. The second-order valence-corrected chi connectivity index (χ2v) is 15.3. The number of furan rings is 1. The van der Waals surface area contributed by atoms with E-state index in [1.54, 1.807) is 0 Å². The number of hydrogen-bond acceptors (Lipinski definition) is 1. The maximum Gasteiger partial charge on any atom is 0.137 e. The van der Waals surface area contributed by atoms with Gasteiger partial charge in [0, 0.05) is 39.2 Å². The van der Waals surface area contributed by atoms with E-state index in [2.05, 4.69) is 211 Å². The highest BCUT2D eigenvalue weighted by atomic mass is 16.3. The average molecular weight is 742 g/mol. The van der Waals surface area contributed by atoms with Gasteiger partial charge in [-0.1, -0.05) is 170 Å². The Bertz CT molecular complexity index is 3230. The van der Waals surface area contributed by atoms with Gasteiger partial charge in [-0.05, 0) is 99.0 Å². The van der Waals surface area contributed by atoms with Crippen molar-refractivity contribution in [2.24, 2.45) is 0 Å². The first-order valence-corrected chi connectivity index (χ1v) is 20.1. The Kier molecular flexibility index (Phi) is 8.33. The van der Waals surface area contributed by atoms with Gasteiger partial charge in [-0.2, -0.15) is 0 Å². The third kappa shape index (κ3) is 6.07. The molecule has 0 bridgehead atoms. The lowest BCUT2D eigenvalue weighted by Crippen LogP contribution is -2.05. The summed E-state index contributed by atoms with van der Waals surface area (Å²) in [6.07, 6.45) is 0.932. The van der Waals surface area contributed by atoms with Crippen molar-refractivity contribution < 1.29 is 4.42 Å². The van der Waals surface area contributed by atoms with Crippen LogP contribution in [-0.4, -0.2) is 4.57 Å². The van der Waals surface area contributed by atoms with Crippen LogP contribution >= 0.6 is 0 Å². The molecule has 2 aromatic heterocycles. The molecule has 2 heterocycles. The minimum Gasteiger partial charge on any atom is -0.456 e. The Hall–Kier alpha value is -7.42. The van der Waals surface area contributed by atoms with Gasteiger partial charge in [0.15, 0.2) is 0 Å². The number of fused-ring (bicyclic) bond motifs is 6. The smallest absolute Gasteiger partial charge is 0.137 e. The van der Waals surface area contributed by atoms with E-state index < -0.39 is 0 Å².